The van der Waals surface area contributed by atoms with Crippen molar-refractivity contribution < 1.29 is 4.79 Å². The summed E-state index contributed by atoms with van der Waals surface area (Å²) in [6.45, 7) is 0. The van der Waals surface area contributed by atoms with Crippen LogP contribution in [0, 0.1) is 5.92 Å². The number of aromatic nitrogens is 2. The van der Waals surface area contributed by atoms with Crippen LogP contribution in [-0.2, 0) is 4.79 Å². The largest absolute Gasteiger partial charge is 0.325 e. The van der Waals surface area contributed by atoms with E-state index in [2.05, 4.69) is 26.2 Å². The quantitative estimate of drug-likeness (QED) is 0.934. The van der Waals surface area contributed by atoms with Crippen molar-refractivity contribution in [2.75, 3.05) is 5.32 Å². The van der Waals surface area contributed by atoms with Gasteiger partial charge in [0.25, 0.3) is 0 Å². The van der Waals surface area contributed by atoms with Crippen molar-refractivity contribution in [3.63, 3.8) is 0 Å². The van der Waals surface area contributed by atoms with Gasteiger partial charge in [-0.25, -0.2) is 4.98 Å². The number of fused-ring (bicyclic) bond motifs is 1. The Balaban J connectivity index is 1.63. The van der Waals surface area contributed by atoms with Crippen LogP contribution in [0.25, 0.3) is 5.65 Å². The van der Waals surface area contributed by atoms with Gasteiger partial charge in [-0.05, 0) is 40.4 Å². The van der Waals surface area contributed by atoms with E-state index in [9.17, 15) is 4.79 Å². The summed E-state index contributed by atoms with van der Waals surface area (Å²) in [5, 5.41) is 2.95. The van der Waals surface area contributed by atoms with Crippen molar-refractivity contribution in [2.24, 2.45) is 5.92 Å². The molecule has 1 N–H and O–H groups in total. The molecule has 0 saturated heterocycles. The molecule has 1 saturated carbocycles. The molecule has 100 valence electrons. The number of anilines is 1. The van der Waals surface area contributed by atoms with Crippen molar-refractivity contribution in [3.8, 4) is 0 Å². The summed E-state index contributed by atoms with van der Waals surface area (Å²) < 4.78 is 2.79. The molecule has 1 aliphatic carbocycles. The first-order valence-electron chi connectivity index (χ1n) is 6.65. The van der Waals surface area contributed by atoms with Crippen LogP contribution in [0.1, 0.15) is 32.1 Å². The molecule has 5 heteroatoms. The van der Waals surface area contributed by atoms with Crippen molar-refractivity contribution in [3.05, 3.63) is 29.1 Å². The molecular weight excluding hydrogens is 306 g/mol. The number of nitrogens with zero attached hydrogens (tertiary/aromatic N) is 2. The van der Waals surface area contributed by atoms with Crippen LogP contribution in [-0.4, -0.2) is 15.3 Å². The number of nitrogens with one attached hydrogen (secondary N) is 1. The Hall–Kier alpha value is -1.36. The highest BCUT2D eigenvalue weighted by molar-refractivity contribution is 9.10. The third-order valence-corrected chi connectivity index (χ3v) is 4.34. The predicted molar refractivity (Wildman–Crippen MR) is 78.1 cm³/mol. The number of halogens is 1. The van der Waals surface area contributed by atoms with Crippen LogP contribution in [0.3, 0.4) is 0 Å². The van der Waals surface area contributed by atoms with E-state index in [0.717, 1.165) is 28.3 Å². The summed E-state index contributed by atoms with van der Waals surface area (Å²) in [5.74, 6) is 0.874. The fourth-order valence-electron chi connectivity index (χ4n) is 2.36. The second-order valence-electron chi connectivity index (χ2n) is 5.11. The van der Waals surface area contributed by atoms with Gasteiger partial charge in [-0.2, -0.15) is 0 Å². The summed E-state index contributed by atoms with van der Waals surface area (Å²) in [6.07, 6.45) is 9.18. The molecule has 2 aromatic rings. The van der Waals surface area contributed by atoms with Gasteiger partial charge >= 0.3 is 0 Å². The lowest BCUT2D eigenvalue weighted by Gasteiger charge is -2.24. The topological polar surface area (TPSA) is 46.4 Å². The molecule has 0 unspecified atom stereocenters. The van der Waals surface area contributed by atoms with Gasteiger partial charge in [-0.3, -0.25) is 9.20 Å². The first-order chi connectivity index (χ1) is 9.22. The fraction of sp³-hybridized carbons (Fsp3) is 0.429. The van der Waals surface area contributed by atoms with Gasteiger partial charge in [0.15, 0.2) is 0 Å². The minimum Gasteiger partial charge on any atom is -0.325 e. The minimum absolute atomic E-state index is 0.0995. The van der Waals surface area contributed by atoms with E-state index < -0.39 is 0 Å². The lowest BCUT2D eigenvalue weighted by Crippen LogP contribution is -2.17. The molecule has 4 nitrogen and oxygen atoms in total. The van der Waals surface area contributed by atoms with Gasteiger partial charge < -0.3 is 5.32 Å². The number of hydrogen-bond acceptors (Lipinski definition) is 2. The van der Waals surface area contributed by atoms with Crippen molar-refractivity contribution in [1.29, 1.82) is 0 Å². The molecule has 1 amide bonds. The zero-order valence-corrected chi connectivity index (χ0v) is 12.2. The normalized spacial score (nSPS) is 15.4. The average Bonchev–Trinajstić information content (AvgIpc) is 2.69. The van der Waals surface area contributed by atoms with E-state index in [1.54, 1.807) is 6.20 Å². The maximum Gasteiger partial charge on any atom is 0.224 e. The van der Waals surface area contributed by atoms with E-state index in [4.69, 9.17) is 0 Å². The number of carbonyl (C=O) groups excluding carboxylic acids is 1. The zero-order chi connectivity index (χ0) is 13.2. The summed E-state index contributed by atoms with van der Waals surface area (Å²) in [5.41, 5.74) is 1.67. The molecule has 0 radical (unpaired) electrons. The van der Waals surface area contributed by atoms with Crippen molar-refractivity contribution >= 4 is 33.2 Å². The summed E-state index contributed by atoms with van der Waals surface area (Å²) in [6, 6.07) is 3.78. The van der Waals surface area contributed by atoms with Gasteiger partial charge in [0.05, 0.1) is 11.9 Å². The number of imidazole rings is 1. The third kappa shape index (κ3) is 2.81. The average molecular weight is 322 g/mol. The zero-order valence-electron chi connectivity index (χ0n) is 10.6. The standard InChI is InChI=1S/C14H16BrN3O/c15-12-8-16-13-6-5-11(9-18(12)13)17-14(19)7-4-10-2-1-3-10/h5-6,8-10H,1-4,7H2,(H,17,19). The third-order valence-electron chi connectivity index (χ3n) is 3.75. The molecule has 0 aliphatic heterocycles. The van der Waals surface area contributed by atoms with Gasteiger partial charge in [0, 0.05) is 12.6 Å². The van der Waals surface area contributed by atoms with Crippen LogP contribution >= 0.6 is 15.9 Å². The molecule has 0 aromatic carbocycles. The Bertz CT molecular complexity index is 604. The number of pyridine rings is 1. The van der Waals surface area contributed by atoms with Crippen LogP contribution in [0.2, 0.25) is 0 Å². The van der Waals surface area contributed by atoms with E-state index in [0.29, 0.717) is 6.42 Å². The van der Waals surface area contributed by atoms with Crippen LogP contribution in [0.15, 0.2) is 29.1 Å². The molecule has 1 fully saturated rings. The summed E-state index contributed by atoms with van der Waals surface area (Å²) in [7, 11) is 0. The molecular formula is C14H16BrN3O. The van der Waals surface area contributed by atoms with E-state index >= 15 is 0 Å². The molecule has 1 aliphatic rings. The summed E-state index contributed by atoms with van der Waals surface area (Å²) in [4.78, 5) is 16.1. The van der Waals surface area contributed by atoms with Gasteiger partial charge in [0.2, 0.25) is 5.91 Å². The van der Waals surface area contributed by atoms with Gasteiger partial charge in [-0.15, -0.1) is 0 Å². The predicted octanol–water partition coefficient (Wildman–Crippen LogP) is 3.62. The fourth-order valence-corrected chi connectivity index (χ4v) is 2.75. The van der Waals surface area contributed by atoms with E-state index in [1.807, 2.05) is 22.7 Å². The molecule has 0 atom stereocenters. The molecule has 19 heavy (non-hydrogen) atoms. The van der Waals surface area contributed by atoms with Gasteiger partial charge in [-0.1, -0.05) is 19.3 Å². The molecule has 3 rings (SSSR count). The smallest absolute Gasteiger partial charge is 0.224 e. The molecule has 0 spiro atoms. The van der Waals surface area contributed by atoms with Crippen LogP contribution in [0.5, 0.6) is 0 Å². The number of amides is 1. The SMILES string of the molecule is O=C(CCC1CCC1)Nc1ccc2ncc(Br)n2c1. The molecule has 2 aromatic heterocycles. The highest BCUT2D eigenvalue weighted by Gasteiger charge is 2.18. The first kappa shape index (κ1) is 12.7. The second kappa shape index (κ2) is 5.33. The Morgan fingerprint density at radius 1 is 1.47 bits per heavy atom. The number of carbonyl (C=O) groups is 1. The first-order valence-corrected chi connectivity index (χ1v) is 7.44. The Kier molecular flexibility index (Phi) is 3.55. The molecule has 0 bridgehead atoms. The van der Waals surface area contributed by atoms with Crippen molar-refractivity contribution in [1.82, 2.24) is 9.38 Å². The number of rotatable bonds is 4. The monoisotopic (exact) mass is 321 g/mol. The van der Waals surface area contributed by atoms with Crippen LogP contribution < -0.4 is 5.32 Å². The highest BCUT2D eigenvalue weighted by atomic mass is 79.9. The maximum absolute atomic E-state index is 11.9. The van der Waals surface area contributed by atoms with Crippen LogP contribution in [0.4, 0.5) is 5.69 Å². The Labute approximate surface area is 120 Å². The van der Waals surface area contributed by atoms with E-state index in [1.165, 1.54) is 19.3 Å². The minimum atomic E-state index is 0.0995. The summed E-state index contributed by atoms with van der Waals surface area (Å²) >= 11 is 3.42. The van der Waals surface area contributed by atoms with E-state index in [-0.39, 0.29) is 5.91 Å². The lowest BCUT2D eigenvalue weighted by molar-refractivity contribution is -0.116. The number of hydrogen-bond donors (Lipinski definition) is 1. The molecule has 2 heterocycles. The Morgan fingerprint density at radius 3 is 3.05 bits per heavy atom. The second-order valence-corrected chi connectivity index (χ2v) is 5.92. The Morgan fingerprint density at radius 2 is 2.32 bits per heavy atom. The lowest BCUT2D eigenvalue weighted by atomic mass is 9.82. The highest BCUT2D eigenvalue weighted by Crippen LogP contribution is 2.30. The van der Waals surface area contributed by atoms with Crippen molar-refractivity contribution in [2.45, 2.75) is 32.1 Å². The maximum atomic E-state index is 11.9. The van der Waals surface area contributed by atoms with Gasteiger partial charge in [0.1, 0.15) is 10.3 Å².